The lowest BCUT2D eigenvalue weighted by molar-refractivity contribution is 0.603. The van der Waals surface area contributed by atoms with Gasteiger partial charge in [0, 0.05) is 12.8 Å². The summed E-state index contributed by atoms with van der Waals surface area (Å²) in [6, 6.07) is 14.6. The standard InChI is InChI=1S/C22H26N4/c1-16-10-9-13-19-22(16)26-21(25-19)15-6-4-2-3-5-14-20-23-17-11-7-8-12-18(17)24-20/h7-13H,2-6,14-15H2,1H3,(H,23,24)(H,25,26). The maximum atomic E-state index is 4.74. The molecule has 4 rings (SSSR count). The van der Waals surface area contributed by atoms with E-state index < -0.39 is 0 Å². The van der Waals surface area contributed by atoms with Gasteiger partial charge in [0.2, 0.25) is 0 Å². The van der Waals surface area contributed by atoms with Crippen LogP contribution in [-0.2, 0) is 12.8 Å². The minimum atomic E-state index is 1.04. The summed E-state index contributed by atoms with van der Waals surface area (Å²) in [5, 5.41) is 0. The molecule has 0 atom stereocenters. The first-order chi connectivity index (χ1) is 12.8. The Bertz CT molecular complexity index is 963. The van der Waals surface area contributed by atoms with Crippen LogP contribution in [0.5, 0.6) is 0 Å². The molecule has 26 heavy (non-hydrogen) atoms. The summed E-state index contributed by atoms with van der Waals surface area (Å²) in [5.41, 5.74) is 5.74. The number of para-hydroxylation sites is 3. The number of rotatable bonds is 8. The van der Waals surface area contributed by atoms with E-state index in [1.54, 1.807) is 0 Å². The number of hydrogen-bond donors (Lipinski definition) is 2. The zero-order valence-electron chi connectivity index (χ0n) is 15.4. The summed E-state index contributed by atoms with van der Waals surface area (Å²) in [5.74, 6) is 2.24. The highest BCUT2D eigenvalue weighted by Gasteiger charge is 2.05. The molecule has 0 spiro atoms. The largest absolute Gasteiger partial charge is 0.342 e. The number of nitrogens with one attached hydrogen (secondary N) is 2. The summed E-state index contributed by atoms with van der Waals surface area (Å²) in [6.45, 7) is 2.12. The Hall–Kier alpha value is -2.62. The summed E-state index contributed by atoms with van der Waals surface area (Å²) >= 11 is 0. The number of fused-ring (bicyclic) bond motifs is 2. The van der Waals surface area contributed by atoms with Crippen LogP contribution in [0.3, 0.4) is 0 Å². The molecule has 0 amide bonds. The van der Waals surface area contributed by atoms with E-state index in [9.17, 15) is 0 Å². The summed E-state index contributed by atoms with van der Waals surface area (Å²) in [6.07, 6.45) is 8.27. The molecule has 0 unspecified atom stereocenters. The Morgan fingerprint density at radius 2 is 1.35 bits per heavy atom. The van der Waals surface area contributed by atoms with Gasteiger partial charge in [0.1, 0.15) is 11.6 Å². The first kappa shape index (κ1) is 16.8. The van der Waals surface area contributed by atoms with Crippen LogP contribution < -0.4 is 0 Å². The fourth-order valence-electron chi connectivity index (χ4n) is 3.58. The number of unbranched alkanes of at least 4 members (excludes halogenated alkanes) is 4. The maximum Gasteiger partial charge on any atom is 0.107 e. The molecule has 0 fully saturated rings. The Kier molecular flexibility index (Phi) is 5.00. The fraction of sp³-hybridized carbons (Fsp3) is 0.364. The Labute approximate surface area is 154 Å². The van der Waals surface area contributed by atoms with Gasteiger partial charge in [-0.15, -0.1) is 0 Å². The molecular formula is C22H26N4. The molecule has 0 aliphatic carbocycles. The molecule has 4 heteroatoms. The van der Waals surface area contributed by atoms with E-state index in [1.165, 1.54) is 37.7 Å². The van der Waals surface area contributed by atoms with Gasteiger partial charge in [0.25, 0.3) is 0 Å². The molecule has 134 valence electrons. The van der Waals surface area contributed by atoms with Gasteiger partial charge in [-0.2, -0.15) is 0 Å². The van der Waals surface area contributed by atoms with E-state index in [2.05, 4.69) is 52.2 Å². The van der Waals surface area contributed by atoms with Crippen molar-refractivity contribution in [1.82, 2.24) is 19.9 Å². The van der Waals surface area contributed by atoms with E-state index in [0.717, 1.165) is 46.6 Å². The molecule has 2 heterocycles. The van der Waals surface area contributed by atoms with Crippen molar-refractivity contribution in [3.8, 4) is 0 Å². The number of aromatic nitrogens is 4. The quantitative estimate of drug-likeness (QED) is 0.415. The van der Waals surface area contributed by atoms with Gasteiger partial charge in [-0.3, -0.25) is 0 Å². The average Bonchev–Trinajstić information content (AvgIpc) is 3.25. The van der Waals surface area contributed by atoms with Gasteiger partial charge in [0.05, 0.1) is 22.1 Å². The van der Waals surface area contributed by atoms with E-state index >= 15 is 0 Å². The third-order valence-corrected chi connectivity index (χ3v) is 5.03. The highest BCUT2D eigenvalue weighted by Crippen LogP contribution is 2.17. The van der Waals surface area contributed by atoms with Gasteiger partial charge < -0.3 is 9.97 Å². The van der Waals surface area contributed by atoms with Crippen molar-refractivity contribution in [3.63, 3.8) is 0 Å². The summed E-state index contributed by atoms with van der Waals surface area (Å²) in [7, 11) is 0. The van der Waals surface area contributed by atoms with E-state index in [-0.39, 0.29) is 0 Å². The maximum absolute atomic E-state index is 4.74. The van der Waals surface area contributed by atoms with Gasteiger partial charge in [-0.05, 0) is 43.5 Å². The third kappa shape index (κ3) is 3.79. The highest BCUT2D eigenvalue weighted by atomic mass is 14.9. The molecule has 2 aromatic heterocycles. The van der Waals surface area contributed by atoms with Crippen molar-refractivity contribution < 1.29 is 0 Å². The Balaban J connectivity index is 1.16. The minimum Gasteiger partial charge on any atom is -0.342 e. The number of imidazole rings is 2. The first-order valence-electron chi connectivity index (χ1n) is 9.67. The predicted molar refractivity (Wildman–Crippen MR) is 107 cm³/mol. The van der Waals surface area contributed by atoms with E-state index in [0.29, 0.717) is 0 Å². The van der Waals surface area contributed by atoms with Crippen molar-refractivity contribution >= 4 is 22.1 Å². The Morgan fingerprint density at radius 3 is 2.12 bits per heavy atom. The summed E-state index contributed by atoms with van der Waals surface area (Å²) in [4.78, 5) is 16.2. The molecular weight excluding hydrogens is 320 g/mol. The van der Waals surface area contributed by atoms with Crippen LogP contribution >= 0.6 is 0 Å². The van der Waals surface area contributed by atoms with Crippen molar-refractivity contribution in [2.45, 2.75) is 51.9 Å². The lowest BCUT2D eigenvalue weighted by Gasteiger charge is -2.00. The van der Waals surface area contributed by atoms with Gasteiger partial charge >= 0.3 is 0 Å². The highest BCUT2D eigenvalue weighted by molar-refractivity contribution is 5.78. The normalized spacial score (nSPS) is 11.6. The molecule has 4 aromatic rings. The number of nitrogens with zero attached hydrogens (tertiary/aromatic N) is 2. The monoisotopic (exact) mass is 346 g/mol. The van der Waals surface area contributed by atoms with Crippen molar-refractivity contribution in [2.24, 2.45) is 0 Å². The Morgan fingerprint density at radius 1 is 0.692 bits per heavy atom. The van der Waals surface area contributed by atoms with Crippen molar-refractivity contribution in [3.05, 3.63) is 59.7 Å². The molecule has 2 aromatic carbocycles. The van der Waals surface area contributed by atoms with Crippen LogP contribution in [0.15, 0.2) is 42.5 Å². The number of aromatic amines is 2. The van der Waals surface area contributed by atoms with Crippen molar-refractivity contribution in [2.75, 3.05) is 0 Å². The van der Waals surface area contributed by atoms with Gasteiger partial charge in [0.15, 0.2) is 0 Å². The molecule has 0 radical (unpaired) electrons. The second-order valence-electron chi connectivity index (χ2n) is 7.12. The second-order valence-corrected chi connectivity index (χ2v) is 7.12. The molecule has 4 nitrogen and oxygen atoms in total. The van der Waals surface area contributed by atoms with Crippen LogP contribution in [0.2, 0.25) is 0 Å². The zero-order valence-corrected chi connectivity index (χ0v) is 15.4. The molecule has 0 bridgehead atoms. The van der Waals surface area contributed by atoms with Crippen LogP contribution in [-0.4, -0.2) is 19.9 Å². The lowest BCUT2D eigenvalue weighted by Crippen LogP contribution is -1.91. The number of benzene rings is 2. The number of hydrogen-bond acceptors (Lipinski definition) is 2. The topological polar surface area (TPSA) is 57.4 Å². The molecule has 0 saturated heterocycles. The van der Waals surface area contributed by atoms with Crippen LogP contribution in [0, 0.1) is 6.92 Å². The molecule has 0 aliphatic rings. The zero-order chi connectivity index (χ0) is 17.8. The summed E-state index contributed by atoms with van der Waals surface area (Å²) < 4.78 is 0. The van der Waals surface area contributed by atoms with Crippen LogP contribution in [0.25, 0.3) is 22.1 Å². The predicted octanol–water partition coefficient (Wildman–Crippen LogP) is 5.48. The smallest absolute Gasteiger partial charge is 0.107 e. The fourth-order valence-corrected chi connectivity index (χ4v) is 3.58. The molecule has 2 N–H and O–H groups in total. The van der Waals surface area contributed by atoms with Crippen LogP contribution in [0.4, 0.5) is 0 Å². The molecule has 0 saturated carbocycles. The molecule has 0 aliphatic heterocycles. The van der Waals surface area contributed by atoms with Crippen LogP contribution in [0.1, 0.15) is 49.3 Å². The minimum absolute atomic E-state index is 1.04. The van der Waals surface area contributed by atoms with Crippen molar-refractivity contribution in [1.29, 1.82) is 0 Å². The third-order valence-electron chi connectivity index (χ3n) is 5.03. The van der Waals surface area contributed by atoms with E-state index in [1.807, 2.05) is 12.1 Å². The second kappa shape index (κ2) is 7.73. The lowest BCUT2D eigenvalue weighted by atomic mass is 10.1. The number of aryl methyl sites for hydroxylation is 3. The van der Waals surface area contributed by atoms with E-state index in [4.69, 9.17) is 4.98 Å². The number of H-pyrrole nitrogens is 2. The first-order valence-corrected chi connectivity index (χ1v) is 9.67. The van der Waals surface area contributed by atoms with Gasteiger partial charge in [-0.1, -0.05) is 43.5 Å². The average molecular weight is 346 g/mol. The van der Waals surface area contributed by atoms with Gasteiger partial charge in [-0.25, -0.2) is 9.97 Å². The SMILES string of the molecule is Cc1cccc2[nH]c(CCCCCCCc3nc4ccccc4[nH]3)nc12.